The van der Waals surface area contributed by atoms with Crippen LogP contribution in [0.5, 0.6) is 5.88 Å². The molecular formula is C19H23BrN2O3. The molecule has 2 heterocycles. The molecule has 5 nitrogen and oxygen atoms in total. The summed E-state index contributed by atoms with van der Waals surface area (Å²) in [6, 6.07) is 9.84. The van der Waals surface area contributed by atoms with Gasteiger partial charge in [0.05, 0.1) is 5.52 Å². The van der Waals surface area contributed by atoms with Gasteiger partial charge in [0.25, 0.3) is 0 Å². The summed E-state index contributed by atoms with van der Waals surface area (Å²) in [4.78, 5) is 18.4. The fourth-order valence-corrected chi connectivity index (χ4v) is 3.31. The average molecular weight is 407 g/mol. The number of nitrogens with zero attached hydrogens (tertiary/aromatic N) is 2. The van der Waals surface area contributed by atoms with Crippen LogP contribution in [0, 0.1) is 0 Å². The summed E-state index contributed by atoms with van der Waals surface area (Å²) >= 11 is 3.53. The van der Waals surface area contributed by atoms with Gasteiger partial charge < -0.3 is 14.4 Å². The van der Waals surface area contributed by atoms with Gasteiger partial charge in [0.1, 0.15) is 11.7 Å². The Hall–Kier alpha value is -1.82. The maximum Gasteiger partial charge on any atom is 0.410 e. The van der Waals surface area contributed by atoms with Crippen LogP contribution in [0.1, 0.15) is 33.6 Å². The van der Waals surface area contributed by atoms with Gasteiger partial charge in [-0.05, 0) is 39.0 Å². The minimum atomic E-state index is -0.465. The topological polar surface area (TPSA) is 51.7 Å². The highest BCUT2D eigenvalue weighted by Crippen LogP contribution is 2.26. The molecule has 0 atom stereocenters. The quantitative estimate of drug-likeness (QED) is 0.719. The lowest BCUT2D eigenvalue weighted by Crippen LogP contribution is -2.44. The Kier molecular flexibility index (Phi) is 5.18. The maximum atomic E-state index is 12.1. The number of pyridine rings is 1. The Morgan fingerprint density at radius 3 is 2.60 bits per heavy atom. The Bertz CT molecular complexity index is 765. The molecule has 6 heteroatoms. The number of benzene rings is 1. The van der Waals surface area contributed by atoms with Crippen molar-refractivity contribution in [3.05, 3.63) is 34.8 Å². The van der Waals surface area contributed by atoms with Crippen molar-refractivity contribution in [2.75, 3.05) is 13.1 Å². The van der Waals surface area contributed by atoms with Gasteiger partial charge in [-0.1, -0.05) is 22.0 Å². The zero-order valence-electron chi connectivity index (χ0n) is 14.8. The van der Waals surface area contributed by atoms with E-state index >= 15 is 0 Å². The molecule has 3 rings (SSSR count). The molecule has 0 bridgehead atoms. The smallest absolute Gasteiger partial charge is 0.410 e. The number of rotatable bonds is 2. The highest BCUT2D eigenvalue weighted by molar-refractivity contribution is 9.10. The fraction of sp³-hybridized carbons (Fsp3) is 0.474. The van der Waals surface area contributed by atoms with Crippen molar-refractivity contribution in [3.63, 3.8) is 0 Å². The Morgan fingerprint density at radius 1 is 1.20 bits per heavy atom. The first-order chi connectivity index (χ1) is 11.8. The minimum Gasteiger partial charge on any atom is -0.474 e. The van der Waals surface area contributed by atoms with E-state index in [0.29, 0.717) is 19.0 Å². The van der Waals surface area contributed by atoms with E-state index in [-0.39, 0.29) is 12.2 Å². The third-order valence-electron chi connectivity index (χ3n) is 4.03. The Balaban J connectivity index is 1.58. The van der Waals surface area contributed by atoms with E-state index in [1.165, 1.54) is 0 Å². The van der Waals surface area contributed by atoms with E-state index in [2.05, 4.69) is 20.9 Å². The minimum absolute atomic E-state index is 0.0655. The molecule has 0 spiro atoms. The summed E-state index contributed by atoms with van der Waals surface area (Å²) in [6.45, 7) is 6.91. The Morgan fingerprint density at radius 2 is 1.92 bits per heavy atom. The second-order valence-corrected chi connectivity index (χ2v) is 8.09. The lowest BCUT2D eigenvalue weighted by atomic mass is 10.1. The molecule has 1 aliphatic rings. The van der Waals surface area contributed by atoms with Gasteiger partial charge >= 0.3 is 6.09 Å². The molecule has 1 amide bonds. The van der Waals surface area contributed by atoms with E-state index in [1.807, 2.05) is 51.1 Å². The van der Waals surface area contributed by atoms with E-state index in [0.717, 1.165) is 28.2 Å². The van der Waals surface area contributed by atoms with Gasteiger partial charge in [-0.15, -0.1) is 0 Å². The van der Waals surface area contributed by atoms with Crippen LogP contribution in [-0.4, -0.2) is 40.8 Å². The van der Waals surface area contributed by atoms with Crippen molar-refractivity contribution < 1.29 is 14.3 Å². The largest absolute Gasteiger partial charge is 0.474 e. The summed E-state index contributed by atoms with van der Waals surface area (Å²) in [5.41, 5.74) is 0.436. The third kappa shape index (κ3) is 4.63. The zero-order chi connectivity index (χ0) is 18.0. The molecule has 2 aromatic rings. The predicted molar refractivity (Wildman–Crippen MR) is 101 cm³/mol. The van der Waals surface area contributed by atoms with Gasteiger partial charge in [-0.25, -0.2) is 9.78 Å². The first-order valence-electron chi connectivity index (χ1n) is 8.52. The zero-order valence-corrected chi connectivity index (χ0v) is 16.4. The second-order valence-electron chi connectivity index (χ2n) is 7.24. The lowest BCUT2D eigenvalue weighted by Gasteiger charge is -2.33. The lowest BCUT2D eigenvalue weighted by molar-refractivity contribution is 0.0123. The van der Waals surface area contributed by atoms with Crippen molar-refractivity contribution in [2.45, 2.75) is 45.3 Å². The van der Waals surface area contributed by atoms with E-state index in [4.69, 9.17) is 9.47 Å². The number of hydrogen-bond donors (Lipinski definition) is 0. The van der Waals surface area contributed by atoms with Crippen molar-refractivity contribution in [2.24, 2.45) is 0 Å². The van der Waals surface area contributed by atoms with E-state index < -0.39 is 5.60 Å². The fourth-order valence-electron chi connectivity index (χ4n) is 2.82. The number of fused-ring (bicyclic) bond motifs is 1. The van der Waals surface area contributed by atoms with Crippen LogP contribution >= 0.6 is 15.9 Å². The number of hydrogen-bond acceptors (Lipinski definition) is 4. The van der Waals surface area contributed by atoms with Crippen molar-refractivity contribution >= 4 is 32.9 Å². The van der Waals surface area contributed by atoms with Crippen LogP contribution < -0.4 is 4.74 Å². The number of piperidine rings is 1. The molecule has 1 aliphatic heterocycles. The van der Waals surface area contributed by atoms with E-state index in [1.54, 1.807) is 4.90 Å². The number of amides is 1. The maximum absolute atomic E-state index is 12.1. The summed E-state index contributed by atoms with van der Waals surface area (Å²) < 4.78 is 12.5. The van der Waals surface area contributed by atoms with Crippen molar-refractivity contribution in [1.82, 2.24) is 9.88 Å². The van der Waals surface area contributed by atoms with Crippen LogP contribution in [0.3, 0.4) is 0 Å². The molecule has 1 fully saturated rings. The average Bonchev–Trinajstić information content (AvgIpc) is 2.54. The van der Waals surface area contributed by atoms with Gasteiger partial charge in [0.15, 0.2) is 0 Å². The second kappa shape index (κ2) is 7.20. The summed E-state index contributed by atoms with van der Waals surface area (Å²) in [6.07, 6.45) is 1.37. The highest BCUT2D eigenvalue weighted by atomic mass is 79.9. The summed E-state index contributed by atoms with van der Waals surface area (Å²) in [7, 11) is 0. The molecule has 1 saturated heterocycles. The molecule has 1 aromatic heterocycles. The first kappa shape index (κ1) is 18.0. The first-order valence-corrected chi connectivity index (χ1v) is 9.31. The number of carbonyl (C=O) groups excluding carboxylic acids is 1. The molecule has 25 heavy (non-hydrogen) atoms. The van der Waals surface area contributed by atoms with E-state index in [9.17, 15) is 4.79 Å². The summed E-state index contributed by atoms with van der Waals surface area (Å²) in [5.74, 6) is 0.626. The van der Waals surface area contributed by atoms with Gasteiger partial charge in [-0.2, -0.15) is 0 Å². The Labute approximate surface area is 156 Å². The molecule has 0 aliphatic carbocycles. The van der Waals surface area contributed by atoms with Crippen LogP contribution in [0.15, 0.2) is 34.8 Å². The molecule has 0 N–H and O–H groups in total. The van der Waals surface area contributed by atoms with Crippen molar-refractivity contribution in [1.29, 1.82) is 0 Å². The summed E-state index contributed by atoms with van der Waals surface area (Å²) in [5, 5.41) is 1.06. The SMILES string of the molecule is CC(C)(C)OC(=O)N1CCC(Oc2ccc3c(Br)cccc3n2)CC1. The molecular weight excluding hydrogens is 384 g/mol. The number of likely N-dealkylation sites (tertiary alicyclic amines) is 1. The van der Waals surface area contributed by atoms with Gasteiger partial charge in [0, 0.05) is 41.9 Å². The van der Waals surface area contributed by atoms with Crippen LogP contribution in [-0.2, 0) is 4.74 Å². The third-order valence-corrected chi connectivity index (χ3v) is 4.73. The molecule has 0 radical (unpaired) electrons. The predicted octanol–water partition coefficient (Wildman–Crippen LogP) is 4.78. The number of halogens is 1. The molecule has 134 valence electrons. The van der Waals surface area contributed by atoms with Crippen LogP contribution in [0.4, 0.5) is 4.79 Å². The van der Waals surface area contributed by atoms with Crippen LogP contribution in [0.25, 0.3) is 10.9 Å². The molecule has 0 saturated carbocycles. The molecule has 1 aromatic carbocycles. The van der Waals surface area contributed by atoms with Crippen molar-refractivity contribution in [3.8, 4) is 5.88 Å². The van der Waals surface area contributed by atoms with Gasteiger partial charge in [0.2, 0.25) is 5.88 Å². The standard InChI is InChI=1S/C19H23BrN2O3/c1-19(2,3)25-18(23)22-11-9-13(10-12-22)24-17-8-7-14-15(20)5-4-6-16(14)21-17/h4-8,13H,9-12H2,1-3H3. The van der Waals surface area contributed by atoms with Gasteiger partial charge in [-0.3, -0.25) is 0 Å². The number of aromatic nitrogens is 1. The van der Waals surface area contributed by atoms with Crippen LogP contribution in [0.2, 0.25) is 0 Å². The number of carbonyl (C=O) groups is 1. The molecule has 0 unspecified atom stereocenters. The number of ether oxygens (including phenoxy) is 2. The normalized spacial score (nSPS) is 16.1. The highest BCUT2D eigenvalue weighted by Gasteiger charge is 2.27. The monoisotopic (exact) mass is 406 g/mol.